The van der Waals surface area contributed by atoms with Gasteiger partial charge in [0.05, 0.1) is 24.9 Å². The van der Waals surface area contributed by atoms with Crippen LogP contribution in [-0.4, -0.2) is 35.7 Å². The highest BCUT2D eigenvalue weighted by Crippen LogP contribution is 2.47. The van der Waals surface area contributed by atoms with Gasteiger partial charge in [-0.1, -0.05) is 39.2 Å². The van der Waals surface area contributed by atoms with E-state index in [1.165, 1.54) is 24.8 Å². The maximum Gasteiger partial charge on any atom is 0.333 e. The SMILES string of the molecule is CC.CNSNC(=O)c1ccc2c(C3CCCCC3)c3n(c2c1)CC(C(=O)O)=Cc1cc(OC)ccc1-3. The maximum atomic E-state index is 12.7. The minimum atomic E-state index is -0.952. The third kappa shape index (κ3) is 5.26. The molecule has 1 aromatic heterocycles. The molecule has 2 aliphatic rings. The number of carbonyl (C=O) groups is 2. The number of nitrogens with zero attached hydrogens (tertiary/aromatic N) is 1. The fraction of sp³-hybridized carbons (Fsp3) is 0.379. The van der Waals surface area contributed by atoms with Gasteiger partial charge < -0.3 is 14.4 Å². The molecule has 1 amide bonds. The predicted octanol–water partition coefficient (Wildman–Crippen LogP) is 6.38. The molecule has 1 fully saturated rings. The lowest BCUT2D eigenvalue weighted by atomic mass is 9.81. The molecule has 1 aliphatic carbocycles. The number of methoxy groups -OCH3 is 1. The predicted molar refractivity (Wildman–Crippen MR) is 151 cm³/mol. The van der Waals surface area contributed by atoms with Gasteiger partial charge in [-0.15, -0.1) is 0 Å². The van der Waals surface area contributed by atoms with Crippen LogP contribution >= 0.6 is 12.1 Å². The van der Waals surface area contributed by atoms with E-state index in [9.17, 15) is 14.7 Å². The first-order chi connectivity index (χ1) is 18.0. The van der Waals surface area contributed by atoms with Gasteiger partial charge in [0.25, 0.3) is 5.91 Å². The van der Waals surface area contributed by atoms with Gasteiger partial charge in [0, 0.05) is 34.2 Å². The molecule has 8 heteroatoms. The Balaban J connectivity index is 0.00000156. The van der Waals surface area contributed by atoms with Crippen LogP contribution in [0.5, 0.6) is 5.75 Å². The number of carboxylic acid groups (broad SMARTS) is 1. The zero-order valence-corrected chi connectivity index (χ0v) is 22.7. The van der Waals surface area contributed by atoms with Crippen LogP contribution in [-0.2, 0) is 11.3 Å². The maximum absolute atomic E-state index is 12.7. The van der Waals surface area contributed by atoms with E-state index < -0.39 is 5.97 Å². The second-order valence-electron chi connectivity index (χ2n) is 9.08. The topological polar surface area (TPSA) is 92.6 Å². The quantitative estimate of drug-likeness (QED) is 0.326. The van der Waals surface area contributed by atoms with Gasteiger partial charge in [-0.25, -0.2) is 9.52 Å². The Bertz CT molecular complexity index is 1340. The molecule has 2 heterocycles. The molecule has 0 unspecified atom stereocenters. The number of benzene rings is 2. The molecule has 0 bridgehead atoms. The summed E-state index contributed by atoms with van der Waals surface area (Å²) in [5.41, 5.74) is 5.88. The molecule has 0 radical (unpaired) electrons. The molecule has 3 N–H and O–H groups in total. The average molecular weight is 522 g/mol. The van der Waals surface area contributed by atoms with Crippen molar-refractivity contribution in [3.8, 4) is 17.0 Å². The van der Waals surface area contributed by atoms with E-state index in [0.717, 1.165) is 52.7 Å². The van der Waals surface area contributed by atoms with Crippen LogP contribution in [0.3, 0.4) is 0 Å². The van der Waals surface area contributed by atoms with Gasteiger partial charge >= 0.3 is 5.97 Å². The third-order valence-corrected chi connectivity index (χ3v) is 7.56. The first-order valence-corrected chi connectivity index (χ1v) is 13.7. The highest BCUT2D eigenvalue weighted by molar-refractivity contribution is 7.96. The second-order valence-corrected chi connectivity index (χ2v) is 9.90. The number of hydrogen-bond donors (Lipinski definition) is 3. The summed E-state index contributed by atoms with van der Waals surface area (Å²) in [6.07, 6.45) is 7.59. The molecule has 0 spiro atoms. The number of amides is 1. The Hall–Kier alpha value is -3.23. The minimum absolute atomic E-state index is 0.200. The van der Waals surface area contributed by atoms with Crippen molar-refractivity contribution in [2.45, 2.75) is 58.4 Å². The highest BCUT2D eigenvalue weighted by atomic mass is 32.2. The minimum Gasteiger partial charge on any atom is -0.497 e. The molecule has 1 aliphatic heterocycles. The van der Waals surface area contributed by atoms with E-state index in [-0.39, 0.29) is 12.5 Å². The molecular formula is C29H35N3O4S. The summed E-state index contributed by atoms with van der Waals surface area (Å²) in [5.74, 6) is -0.0707. The van der Waals surface area contributed by atoms with Crippen LogP contribution in [0.25, 0.3) is 28.2 Å². The number of nitrogens with one attached hydrogen (secondary N) is 2. The standard InChI is InChI=1S/C27H29N3O4S.C2H6/c1-28-35-29-26(31)17-8-10-22-23(14-17)30-15-19(27(32)33)12-18-13-20(34-2)9-11-21(18)25(30)24(22)16-6-4-3-5-7-16;1-2/h8-14,16,28H,3-7,15H2,1-2H3,(H,29,31)(H,32,33);1-2H3. The summed E-state index contributed by atoms with van der Waals surface area (Å²) in [5, 5.41) is 11.1. The van der Waals surface area contributed by atoms with Crippen molar-refractivity contribution in [2.24, 2.45) is 0 Å². The average Bonchev–Trinajstić information content (AvgIpc) is 3.15. The van der Waals surface area contributed by atoms with Gasteiger partial charge in [-0.05, 0) is 73.3 Å². The van der Waals surface area contributed by atoms with Crippen LogP contribution in [0.15, 0.2) is 42.0 Å². The van der Waals surface area contributed by atoms with Gasteiger partial charge in [0.15, 0.2) is 0 Å². The lowest BCUT2D eigenvalue weighted by molar-refractivity contribution is -0.132. The van der Waals surface area contributed by atoms with Crippen molar-refractivity contribution >= 4 is 41.0 Å². The zero-order chi connectivity index (χ0) is 26.5. The summed E-state index contributed by atoms with van der Waals surface area (Å²) in [4.78, 5) is 25.0. The molecule has 0 saturated heterocycles. The van der Waals surface area contributed by atoms with E-state index in [1.807, 2.05) is 50.2 Å². The van der Waals surface area contributed by atoms with Crippen LogP contribution in [0.4, 0.5) is 0 Å². The van der Waals surface area contributed by atoms with Gasteiger partial charge in [0.2, 0.25) is 0 Å². The van der Waals surface area contributed by atoms with Gasteiger partial charge in [-0.2, -0.15) is 0 Å². The molecule has 3 aromatic rings. The number of rotatable bonds is 6. The van der Waals surface area contributed by atoms with E-state index in [1.54, 1.807) is 20.2 Å². The van der Waals surface area contributed by atoms with Crippen molar-refractivity contribution < 1.29 is 19.4 Å². The first-order valence-electron chi connectivity index (χ1n) is 12.9. The highest BCUT2D eigenvalue weighted by Gasteiger charge is 2.30. The molecule has 196 valence electrons. The third-order valence-electron chi connectivity index (χ3n) is 7.07. The fourth-order valence-corrected chi connectivity index (χ4v) is 5.78. The Labute approximate surface area is 222 Å². The summed E-state index contributed by atoms with van der Waals surface area (Å²) < 4.78 is 13.2. The van der Waals surface area contributed by atoms with Gasteiger partial charge in [0.1, 0.15) is 5.75 Å². The van der Waals surface area contributed by atoms with E-state index in [0.29, 0.717) is 22.8 Å². The van der Waals surface area contributed by atoms with Crippen LogP contribution < -0.4 is 14.2 Å². The Morgan fingerprint density at radius 3 is 2.51 bits per heavy atom. The second kappa shape index (κ2) is 11.9. The summed E-state index contributed by atoms with van der Waals surface area (Å²) in [6, 6.07) is 11.7. The first kappa shape index (κ1) is 26.8. The van der Waals surface area contributed by atoms with E-state index >= 15 is 0 Å². The Kier molecular flexibility index (Phi) is 8.61. The monoisotopic (exact) mass is 521 g/mol. The fourth-order valence-electron chi connectivity index (χ4n) is 5.47. The van der Waals surface area contributed by atoms with Crippen LogP contribution in [0.1, 0.15) is 73.4 Å². The lowest BCUT2D eigenvalue weighted by Crippen LogP contribution is -2.19. The molecular weight excluding hydrogens is 486 g/mol. The Morgan fingerprint density at radius 2 is 1.84 bits per heavy atom. The van der Waals surface area contributed by atoms with Crippen LogP contribution in [0, 0.1) is 0 Å². The number of carbonyl (C=O) groups excluding carboxylic acids is 1. The molecule has 7 nitrogen and oxygen atoms in total. The number of fused-ring (bicyclic) bond motifs is 5. The molecule has 1 saturated carbocycles. The number of aromatic nitrogens is 1. The van der Waals surface area contributed by atoms with Crippen molar-refractivity contribution in [3.05, 3.63) is 58.7 Å². The lowest BCUT2D eigenvalue weighted by Gasteiger charge is -2.24. The molecule has 2 aromatic carbocycles. The molecule has 5 rings (SSSR count). The summed E-state index contributed by atoms with van der Waals surface area (Å²) >= 11 is 1.12. The molecule has 37 heavy (non-hydrogen) atoms. The molecule has 0 atom stereocenters. The van der Waals surface area contributed by atoms with Crippen molar-refractivity contribution in [2.75, 3.05) is 14.2 Å². The smallest absolute Gasteiger partial charge is 0.333 e. The van der Waals surface area contributed by atoms with Crippen molar-refractivity contribution in [1.29, 1.82) is 0 Å². The summed E-state index contributed by atoms with van der Waals surface area (Å²) in [7, 11) is 3.35. The number of ether oxygens (including phenoxy) is 1. The van der Waals surface area contributed by atoms with E-state index in [4.69, 9.17) is 4.74 Å². The number of hydrogen-bond acceptors (Lipinski definition) is 5. The number of aliphatic carboxylic acids is 1. The van der Waals surface area contributed by atoms with Crippen molar-refractivity contribution in [3.63, 3.8) is 0 Å². The normalized spacial score (nSPS) is 15.0. The largest absolute Gasteiger partial charge is 0.497 e. The van der Waals surface area contributed by atoms with Gasteiger partial charge in [-0.3, -0.25) is 9.52 Å². The zero-order valence-electron chi connectivity index (χ0n) is 21.9. The van der Waals surface area contributed by atoms with E-state index in [2.05, 4.69) is 14.0 Å². The number of carboxylic acids is 1. The van der Waals surface area contributed by atoms with Crippen molar-refractivity contribution in [1.82, 2.24) is 14.0 Å². The summed E-state index contributed by atoms with van der Waals surface area (Å²) in [6.45, 7) is 4.22. The Morgan fingerprint density at radius 1 is 1.08 bits per heavy atom. The van der Waals surface area contributed by atoms with Crippen LogP contribution in [0.2, 0.25) is 0 Å².